The van der Waals surface area contributed by atoms with Crippen LogP contribution in [0.5, 0.6) is 5.75 Å². The number of anilines is 2. The van der Waals surface area contributed by atoms with Gasteiger partial charge in [0.15, 0.2) is 0 Å². The summed E-state index contributed by atoms with van der Waals surface area (Å²) in [4.78, 5) is 27.5. The molecule has 0 spiro atoms. The van der Waals surface area contributed by atoms with Gasteiger partial charge in [0, 0.05) is 44.4 Å². The monoisotopic (exact) mass is 339 g/mol. The molecule has 0 saturated carbocycles. The summed E-state index contributed by atoms with van der Waals surface area (Å²) in [6, 6.07) is 14.1. The van der Waals surface area contributed by atoms with E-state index in [4.69, 9.17) is 0 Å². The van der Waals surface area contributed by atoms with Gasteiger partial charge >= 0.3 is 0 Å². The van der Waals surface area contributed by atoms with Gasteiger partial charge in [-0.05, 0) is 36.4 Å². The number of phenolic OH excluding ortho intramolecular Hbond substituents is 1. The molecular weight excluding hydrogens is 318 g/mol. The Morgan fingerprint density at radius 1 is 0.960 bits per heavy atom. The van der Waals surface area contributed by atoms with E-state index in [9.17, 15) is 14.7 Å². The predicted octanol–water partition coefficient (Wildman–Crippen LogP) is 2.31. The second-order valence-corrected chi connectivity index (χ2v) is 6.03. The molecular formula is C19H21N3O3. The highest BCUT2D eigenvalue weighted by atomic mass is 16.3. The zero-order valence-electron chi connectivity index (χ0n) is 14.1. The molecule has 2 aromatic rings. The van der Waals surface area contributed by atoms with Gasteiger partial charge in [-0.3, -0.25) is 9.59 Å². The summed E-state index contributed by atoms with van der Waals surface area (Å²) < 4.78 is 0. The van der Waals surface area contributed by atoms with E-state index in [2.05, 4.69) is 10.2 Å². The van der Waals surface area contributed by atoms with E-state index < -0.39 is 0 Å². The van der Waals surface area contributed by atoms with Crippen molar-refractivity contribution in [2.45, 2.75) is 6.92 Å². The fourth-order valence-corrected chi connectivity index (χ4v) is 2.96. The van der Waals surface area contributed by atoms with Crippen molar-refractivity contribution in [1.29, 1.82) is 0 Å². The number of amides is 2. The Labute approximate surface area is 146 Å². The number of rotatable bonds is 3. The van der Waals surface area contributed by atoms with Crippen LogP contribution in [0.25, 0.3) is 0 Å². The lowest BCUT2D eigenvalue weighted by atomic mass is 10.1. The van der Waals surface area contributed by atoms with Crippen LogP contribution in [0.1, 0.15) is 17.3 Å². The van der Waals surface area contributed by atoms with E-state index in [0.717, 1.165) is 5.69 Å². The van der Waals surface area contributed by atoms with Crippen molar-refractivity contribution in [2.75, 3.05) is 36.4 Å². The van der Waals surface area contributed by atoms with E-state index in [1.807, 2.05) is 17.0 Å². The number of hydrogen-bond donors (Lipinski definition) is 2. The molecule has 2 N–H and O–H groups in total. The quantitative estimate of drug-likeness (QED) is 0.900. The Balaban J connectivity index is 1.61. The highest BCUT2D eigenvalue weighted by Crippen LogP contribution is 2.27. The molecule has 1 aliphatic rings. The molecule has 0 atom stereocenters. The molecule has 6 heteroatoms. The minimum absolute atomic E-state index is 0.0219. The first-order valence-corrected chi connectivity index (χ1v) is 8.24. The molecule has 1 aliphatic heterocycles. The van der Waals surface area contributed by atoms with E-state index in [-0.39, 0.29) is 17.6 Å². The molecule has 6 nitrogen and oxygen atoms in total. The SMILES string of the molecule is CC(=O)Nc1ccc(C(=O)N2CCN(c3ccccc3O)CC2)cc1. The van der Waals surface area contributed by atoms with Gasteiger partial charge < -0.3 is 20.2 Å². The number of para-hydroxylation sites is 2. The number of nitrogens with one attached hydrogen (secondary N) is 1. The summed E-state index contributed by atoms with van der Waals surface area (Å²) in [5.74, 6) is 0.0986. The summed E-state index contributed by atoms with van der Waals surface area (Å²) in [5, 5.41) is 12.6. The van der Waals surface area contributed by atoms with Gasteiger partial charge in [-0.2, -0.15) is 0 Å². The lowest BCUT2D eigenvalue weighted by molar-refractivity contribution is -0.114. The normalized spacial score (nSPS) is 14.3. The van der Waals surface area contributed by atoms with Crippen molar-refractivity contribution in [3.8, 4) is 5.75 Å². The van der Waals surface area contributed by atoms with Crippen LogP contribution in [0.4, 0.5) is 11.4 Å². The maximum absolute atomic E-state index is 12.6. The first kappa shape index (κ1) is 16.8. The number of carbonyl (C=O) groups is 2. The maximum Gasteiger partial charge on any atom is 0.253 e. The smallest absolute Gasteiger partial charge is 0.253 e. The van der Waals surface area contributed by atoms with Gasteiger partial charge in [0.2, 0.25) is 5.91 Å². The highest BCUT2D eigenvalue weighted by Gasteiger charge is 2.23. The van der Waals surface area contributed by atoms with Crippen LogP contribution in [0.2, 0.25) is 0 Å². The second-order valence-electron chi connectivity index (χ2n) is 6.03. The third-order valence-corrected chi connectivity index (χ3v) is 4.24. The molecule has 130 valence electrons. The number of piperazine rings is 1. The second kappa shape index (κ2) is 7.25. The molecule has 1 heterocycles. The Hall–Kier alpha value is -3.02. The molecule has 0 unspecified atom stereocenters. The van der Waals surface area contributed by atoms with E-state index in [1.165, 1.54) is 6.92 Å². The Morgan fingerprint density at radius 2 is 1.60 bits per heavy atom. The number of nitrogens with zero attached hydrogens (tertiary/aromatic N) is 2. The van der Waals surface area contributed by atoms with Crippen molar-refractivity contribution in [2.24, 2.45) is 0 Å². The van der Waals surface area contributed by atoms with Crippen LogP contribution in [-0.4, -0.2) is 48.0 Å². The molecule has 2 aromatic carbocycles. The average molecular weight is 339 g/mol. The molecule has 1 fully saturated rings. The first-order valence-electron chi connectivity index (χ1n) is 8.24. The topological polar surface area (TPSA) is 72.9 Å². The Bertz CT molecular complexity index is 766. The van der Waals surface area contributed by atoms with Crippen LogP contribution in [0, 0.1) is 0 Å². The third-order valence-electron chi connectivity index (χ3n) is 4.24. The zero-order valence-corrected chi connectivity index (χ0v) is 14.1. The fourth-order valence-electron chi connectivity index (χ4n) is 2.96. The van der Waals surface area contributed by atoms with Gasteiger partial charge in [0.05, 0.1) is 5.69 Å². The summed E-state index contributed by atoms with van der Waals surface area (Å²) in [6.45, 7) is 3.99. The van der Waals surface area contributed by atoms with Gasteiger partial charge in [0.1, 0.15) is 5.75 Å². The molecule has 0 bridgehead atoms. The lowest BCUT2D eigenvalue weighted by Gasteiger charge is -2.36. The summed E-state index contributed by atoms with van der Waals surface area (Å²) >= 11 is 0. The van der Waals surface area contributed by atoms with Gasteiger partial charge in [0.25, 0.3) is 5.91 Å². The zero-order chi connectivity index (χ0) is 17.8. The summed E-state index contributed by atoms with van der Waals surface area (Å²) in [6.07, 6.45) is 0. The minimum Gasteiger partial charge on any atom is -0.506 e. The van der Waals surface area contributed by atoms with Crippen LogP contribution in [-0.2, 0) is 4.79 Å². The molecule has 0 aliphatic carbocycles. The van der Waals surface area contributed by atoms with Crippen LogP contribution in [0.15, 0.2) is 48.5 Å². The molecule has 0 radical (unpaired) electrons. The molecule has 3 rings (SSSR count). The standard InChI is InChI=1S/C19H21N3O3/c1-14(23)20-16-8-6-15(7-9-16)19(25)22-12-10-21(11-13-22)17-4-2-3-5-18(17)24/h2-9,24H,10-13H2,1H3,(H,20,23). The third kappa shape index (κ3) is 3.91. The van der Waals surface area contributed by atoms with Gasteiger partial charge in [-0.15, -0.1) is 0 Å². The molecule has 2 amide bonds. The van der Waals surface area contributed by atoms with Crippen molar-refractivity contribution >= 4 is 23.2 Å². The Kier molecular flexibility index (Phi) is 4.88. The van der Waals surface area contributed by atoms with Crippen molar-refractivity contribution in [3.05, 3.63) is 54.1 Å². The predicted molar refractivity (Wildman–Crippen MR) is 97.0 cm³/mol. The number of aromatic hydroxyl groups is 1. The van der Waals surface area contributed by atoms with E-state index >= 15 is 0 Å². The first-order chi connectivity index (χ1) is 12.0. The number of carbonyl (C=O) groups excluding carboxylic acids is 2. The van der Waals surface area contributed by atoms with Crippen LogP contribution < -0.4 is 10.2 Å². The number of hydrogen-bond acceptors (Lipinski definition) is 4. The lowest BCUT2D eigenvalue weighted by Crippen LogP contribution is -2.48. The minimum atomic E-state index is -0.139. The molecule has 0 aromatic heterocycles. The summed E-state index contributed by atoms with van der Waals surface area (Å²) in [5.41, 5.74) is 2.08. The fraction of sp³-hybridized carbons (Fsp3) is 0.263. The number of benzene rings is 2. The average Bonchev–Trinajstić information content (AvgIpc) is 2.62. The summed E-state index contributed by atoms with van der Waals surface area (Å²) in [7, 11) is 0. The van der Waals surface area contributed by atoms with Crippen molar-refractivity contribution in [1.82, 2.24) is 4.90 Å². The van der Waals surface area contributed by atoms with E-state index in [1.54, 1.807) is 36.4 Å². The Morgan fingerprint density at radius 3 is 2.20 bits per heavy atom. The molecule has 1 saturated heterocycles. The van der Waals surface area contributed by atoms with Gasteiger partial charge in [-0.25, -0.2) is 0 Å². The van der Waals surface area contributed by atoms with Crippen LogP contribution >= 0.6 is 0 Å². The molecule has 25 heavy (non-hydrogen) atoms. The highest BCUT2D eigenvalue weighted by molar-refractivity contribution is 5.95. The van der Waals surface area contributed by atoms with E-state index in [0.29, 0.717) is 37.4 Å². The van der Waals surface area contributed by atoms with Crippen molar-refractivity contribution in [3.63, 3.8) is 0 Å². The van der Waals surface area contributed by atoms with Gasteiger partial charge in [-0.1, -0.05) is 12.1 Å². The van der Waals surface area contributed by atoms with Crippen molar-refractivity contribution < 1.29 is 14.7 Å². The largest absolute Gasteiger partial charge is 0.506 e. The number of phenols is 1. The van der Waals surface area contributed by atoms with Crippen LogP contribution in [0.3, 0.4) is 0 Å². The maximum atomic E-state index is 12.6.